The third-order valence-electron chi connectivity index (χ3n) is 4.10. The molecule has 1 aliphatic rings. The average molecular weight is 406 g/mol. The second-order valence-corrected chi connectivity index (χ2v) is 6.88. The summed E-state index contributed by atoms with van der Waals surface area (Å²) in [6.07, 6.45) is 3.50. The van der Waals surface area contributed by atoms with E-state index >= 15 is 0 Å². The van der Waals surface area contributed by atoms with Gasteiger partial charge < -0.3 is 9.80 Å². The van der Waals surface area contributed by atoms with Crippen LogP contribution in [0, 0.1) is 0 Å². The molecule has 2 aromatic rings. The molecule has 0 spiro atoms. The zero-order valence-electron chi connectivity index (χ0n) is 13.2. The van der Waals surface area contributed by atoms with Crippen LogP contribution in [0.3, 0.4) is 0 Å². The van der Waals surface area contributed by atoms with Gasteiger partial charge >= 0.3 is 0 Å². The first-order valence-corrected chi connectivity index (χ1v) is 9.03. The lowest BCUT2D eigenvalue weighted by Crippen LogP contribution is -2.48. The summed E-state index contributed by atoms with van der Waals surface area (Å²) < 4.78 is 0.984. The second kappa shape index (κ2) is 7.86. The highest BCUT2D eigenvalue weighted by molar-refractivity contribution is 9.10. The van der Waals surface area contributed by atoms with Crippen molar-refractivity contribution in [1.82, 2.24) is 4.90 Å². The standard InChI is InChI=1S/C19H18BrClN2O/c20-16-6-2-1-5-15(16)9-10-19(24)23-13-11-22(12-14-23)18-8-4-3-7-17(18)21/h1-10H,11-14H2/b10-9+. The van der Waals surface area contributed by atoms with Crippen molar-refractivity contribution >= 4 is 45.2 Å². The Hall–Kier alpha value is -1.78. The van der Waals surface area contributed by atoms with Gasteiger partial charge in [0.1, 0.15) is 0 Å². The van der Waals surface area contributed by atoms with Gasteiger partial charge in [-0.1, -0.05) is 57.9 Å². The lowest BCUT2D eigenvalue weighted by Gasteiger charge is -2.36. The van der Waals surface area contributed by atoms with E-state index < -0.39 is 0 Å². The maximum atomic E-state index is 12.4. The van der Waals surface area contributed by atoms with Gasteiger partial charge in [-0.2, -0.15) is 0 Å². The monoisotopic (exact) mass is 404 g/mol. The molecule has 0 bridgehead atoms. The van der Waals surface area contributed by atoms with Gasteiger partial charge in [0.2, 0.25) is 5.91 Å². The van der Waals surface area contributed by atoms with Crippen LogP contribution >= 0.6 is 27.5 Å². The molecule has 1 aliphatic heterocycles. The number of carbonyl (C=O) groups is 1. The van der Waals surface area contributed by atoms with Crippen molar-refractivity contribution in [3.8, 4) is 0 Å². The summed E-state index contributed by atoms with van der Waals surface area (Å²) in [5, 5.41) is 0.756. The largest absolute Gasteiger partial charge is 0.367 e. The van der Waals surface area contributed by atoms with Gasteiger partial charge in [0.25, 0.3) is 0 Å². The van der Waals surface area contributed by atoms with Crippen LogP contribution in [0.1, 0.15) is 5.56 Å². The highest BCUT2D eigenvalue weighted by atomic mass is 79.9. The number of halogens is 2. The number of carbonyl (C=O) groups excluding carboxylic acids is 1. The van der Waals surface area contributed by atoms with Crippen molar-refractivity contribution in [3.63, 3.8) is 0 Å². The minimum absolute atomic E-state index is 0.0459. The predicted molar refractivity (Wildman–Crippen MR) is 103 cm³/mol. The molecular formula is C19H18BrClN2O. The minimum atomic E-state index is 0.0459. The number of hydrogen-bond acceptors (Lipinski definition) is 2. The zero-order valence-corrected chi connectivity index (χ0v) is 15.5. The maximum Gasteiger partial charge on any atom is 0.246 e. The van der Waals surface area contributed by atoms with Crippen molar-refractivity contribution in [2.75, 3.05) is 31.1 Å². The van der Waals surface area contributed by atoms with Gasteiger partial charge in [-0.3, -0.25) is 4.79 Å². The van der Waals surface area contributed by atoms with E-state index in [9.17, 15) is 4.79 Å². The number of anilines is 1. The fourth-order valence-corrected chi connectivity index (χ4v) is 3.42. The van der Waals surface area contributed by atoms with E-state index in [4.69, 9.17) is 11.6 Å². The number of para-hydroxylation sites is 1. The molecule has 0 aliphatic carbocycles. The van der Waals surface area contributed by atoms with Crippen LogP contribution in [0.4, 0.5) is 5.69 Å². The Labute approximate surface area is 155 Å². The summed E-state index contributed by atoms with van der Waals surface area (Å²) in [4.78, 5) is 16.5. The van der Waals surface area contributed by atoms with Crippen LogP contribution in [-0.4, -0.2) is 37.0 Å². The number of benzene rings is 2. The highest BCUT2D eigenvalue weighted by Gasteiger charge is 2.20. The Morgan fingerprint density at radius 1 is 1.00 bits per heavy atom. The van der Waals surface area contributed by atoms with Crippen LogP contribution < -0.4 is 4.90 Å². The molecule has 0 radical (unpaired) electrons. The number of hydrogen-bond donors (Lipinski definition) is 0. The molecule has 2 aromatic carbocycles. The van der Waals surface area contributed by atoms with Crippen LogP contribution in [-0.2, 0) is 4.79 Å². The van der Waals surface area contributed by atoms with Gasteiger partial charge in [-0.15, -0.1) is 0 Å². The van der Waals surface area contributed by atoms with E-state index in [1.165, 1.54) is 0 Å². The van der Waals surface area contributed by atoms with Crippen molar-refractivity contribution in [2.24, 2.45) is 0 Å². The molecule has 1 amide bonds. The van der Waals surface area contributed by atoms with E-state index in [0.29, 0.717) is 13.1 Å². The number of rotatable bonds is 3. The summed E-state index contributed by atoms with van der Waals surface area (Å²) in [7, 11) is 0. The second-order valence-electron chi connectivity index (χ2n) is 5.62. The number of nitrogens with zero attached hydrogens (tertiary/aromatic N) is 2. The van der Waals surface area contributed by atoms with Gasteiger partial charge in [0, 0.05) is 36.7 Å². The molecule has 5 heteroatoms. The van der Waals surface area contributed by atoms with E-state index in [-0.39, 0.29) is 5.91 Å². The molecule has 24 heavy (non-hydrogen) atoms. The third kappa shape index (κ3) is 4.00. The number of piperazine rings is 1. The molecule has 1 fully saturated rings. The summed E-state index contributed by atoms with van der Waals surface area (Å²) in [5.41, 5.74) is 2.04. The van der Waals surface area contributed by atoms with Crippen molar-refractivity contribution in [2.45, 2.75) is 0 Å². The van der Waals surface area contributed by atoms with Gasteiger partial charge in [-0.05, 0) is 29.8 Å². The zero-order chi connectivity index (χ0) is 16.9. The molecule has 1 saturated heterocycles. The van der Waals surface area contributed by atoms with Crippen LogP contribution in [0.25, 0.3) is 6.08 Å². The molecule has 1 heterocycles. The molecule has 0 atom stereocenters. The highest BCUT2D eigenvalue weighted by Crippen LogP contribution is 2.26. The molecule has 3 nitrogen and oxygen atoms in total. The Balaban J connectivity index is 1.59. The lowest BCUT2D eigenvalue weighted by molar-refractivity contribution is -0.126. The fourth-order valence-electron chi connectivity index (χ4n) is 2.75. The van der Waals surface area contributed by atoms with E-state index in [1.54, 1.807) is 6.08 Å². The first-order valence-electron chi connectivity index (χ1n) is 7.86. The van der Waals surface area contributed by atoms with Gasteiger partial charge in [0.05, 0.1) is 10.7 Å². The van der Waals surface area contributed by atoms with Crippen molar-refractivity contribution < 1.29 is 4.79 Å². The molecule has 0 N–H and O–H groups in total. The van der Waals surface area contributed by atoms with Crippen LogP contribution in [0.5, 0.6) is 0 Å². The normalized spacial score (nSPS) is 15.1. The molecule has 0 saturated carbocycles. The quantitative estimate of drug-likeness (QED) is 0.704. The molecule has 124 valence electrons. The Kier molecular flexibility index (Phi) is 5.59. The topological polar surface area (TPSA) is 23.6 Å². The molecule has 0 aromatic heterocycles. The SMILES string of the molecule is O=C(/C=C/c1ccccc1Br)N1CCN(c2ccccc2Cl)CC1. The summed E-state index contributed by atoms with van der Waals surface area (Å²) in [6.45, 7) is 2.98. The summed E-state index contributed by atoms with van der Waals surface area (Å²) in [5.74, 6) is 0.0459. The third-order valence-corrected chi connectivity index (χ3v) is 5.14. The fraction of sp³-hybridized carbons (Fsp3) is 0.211. The predicted octanol–water partition coefficient (Wildman–Crippen LogP) is 4.46. The van der Waals surface area contributed by atoms with Gasteiger partial charge in [-0.25, -0.2) is 0 Å². The van der Waals surface area contributed by atoms with E-state index in [0.717, 1.165) is 33.8 Å². The molecule has 0 unspecified atom stereocenters. The van der Waals surface area contributed by atoms with E-state index in [1.807, 2.05) is 59.5 Å². The molecular weight excluding hydrogens is 388 g/mol. The summed E-state index contributed by atoms with van der Waals surface area (Å²) >= 11 is 9.74. The minimum Gasteiger partial charge on any atom is -0.367 e. The average Bonchev–Trinajstić information content (AvgIpc) is 2.61. The van der Waals surface area contributed by atoms with Crippen LogP contribution in [0.15, 0.2) is 59.1 Å². The Morgan fingerprint density at radius 2 is 1.67 bits per heavy atom. The van der Waals surface area contributed by atoms with Crippen molar-refractivity contribution in [3.05, 3.63) is 69.7 Å². The Morgan fingerprint density at radius 3 is 2.38 bits per heavy atom. The van der Waals surface area contributed by atoms with Crippen molar-refractivity contribution in [1.29, 1.82) is 0 Å². The van der Waals surface area contributed by atoms with Crippen LogP contribution in [0.2, 0.25) is 5.02 Å². The maximum absolute atomic E-state index is 12.4. The first kappa shape index (κ1) is 17.1. The van der Waals surface area contributed by atoms with Gasteiger partial charge in [0.15, 0.2) is 0 Å². The smallest absolute Gasteiger partial charge is 0.246 e. The lowest BCUT2D eigenvalue weighted by atomic mass is 10.2. The first-order chi connectivity index (χ1) is 11.6. The van der Waals surface area contributed by atoms with E-state index in [2.05, 4.69) is 20.8 Å². The summed E-state index contributed by atoms with van der Waals surface area (Å²) in [6, 6.07) is 15.7. The Bertz CT molecular complexity index is 755. The molecule has 3 rings (SSSR count). The number of amides is 1.